The van der Waals surface area contributed by atoms with E-state index in [1.54, 1.807) is 25.1 Å². The Morgan fingerprint density at radius 2 is 2.18 bits per heavy atom. The second-order valence-corrected chi connectivity index (χ2v) is 9.74. The molecule has 3 aromatic rings. The molecule has 1 aliphatic heterocycles. The summed E-state index contributed by atoms with van der Waals surface area (Å²) in [7, 11) is 1.67. The largest absolute Gasteiger partial charge is 0.497 e. The molecule has 174 valence electrons. The third-order valence-corrected chi connectivity index (χ3v) is 7.49. The summed E-state index contributed by atoms with van der Waals surface area (Å²) in [4.78, 5) is 24.1. The van der Waals surface area contributed by atoms with Crippen molar-refractivity contribution in [3.63, 3.8) is 0 Å². The van der Waals surface area contributed by atoms with Crippen LogP contribution < -0.4 is 4.74 Å². The van der Waals surface area contributed by atoms with Crippen LogP contribution in [0.25, 0.3) is 10.9 Å². The van der Waals surface area contributed by atoms with Gasteiger partial charge in [-0.3, -0.25) is 14.8 Å². The number of hydrogen-bond acceptors (Lipinski definition) is 6. The Labute approximate surface area is 199 Å². The second kappa shape index (κ2) is 11.5. The van der Waals surface area contributed by atoms with E-state index in [2.05, 4.69) is 27.0 Å². The predicted octanol–water partition coefficient (Wildman–Crippen LogP) is 4.78. The normalized spacial score (nSPS) is 18.9. The summed E-state index contributed by atoms with van der Waals surface area (Å²) in [6, 6.07) is 12.0. The molecule has 4 rings (SSSR count). The van der Waals surface area contributed by atoms with E-state index >= 15 is 0 Å². The highest BCUT2D eigenvalue weighted by Gasteiger charge is 2.33. The topological polar surface area (TPSA) is 75.5 Å². The molecule has 1 saturated heterocycles. The number of aryl methyl sites for hydroxylation is 1. The van der Waals surface area contributed by atoms with Crippen LogP contribution >= 0.6 is 11.8 Å². The molecule has 33 heavy (non-hydrogen) atoms. The molecular weight excluding hydrogens is 434 g/mol. The minimum Gasteiger partial charge on any atom is -0.497 e. The van der Waals surface area contributed by atoms with Gasteiger partial charge in [0.1, 0.15) is 5.75 Å². The van der Waals surface area contributed by atoms with Crippen LogP contribution in [0, 0.1) is 11.8 Å². The van der Waals surface area contributed by atoms with Gasteiger partial charge in [-0.1, -0.05) is 0 Å². The summed E-state index contributed by atoms with van der Waals surface area (Å²) in [5, 5.41) is 11.0. The Morgan fingerprint density at radius 3 is 2.97 bits per heavy atom. The second-order valence-electron chi connectivity index (χ2n) is 8.58. The van der Waals surface area contributed by atoms with Crippen molar-refractivity contribution in [2.75, 3.05) is 32.5 Å². The lowest BCUT2D eigenvalue weighted by atomic mass is 9.81. The monoisotopic (exact) mass is 465 g/mol. The van der Waals surface area contributed by atoms with E-state index in [1.165, 1.54) is 5.56 Å². The lowest BCUT2D eigenvalue weighted by molar-refractivity contribution is -0.146. The molecule has 3 heterocycles. The standard InChI is InChI=1S/C26H31N3O3S/c1-32-21-7-8-25-23(16-21)19(9-12-28-25)4-2-5-20-10-13-29(18-24(20)26(30)31)14-15-33-22-6-3-11-27-17-22/h3,6-9,11-12,16-17,20,24H,2,4-5,10,13-15,18H2,1H3,(H,30,31)/t20-,24+/m1/s1. The quantitative estimate of drug-likeness (QED) is 0.432. The number of carboxylic acids is 1. The molecule has 2 atom stereocenters. The summed E-state index contributed by atoms with van der Waals surface area (Å²) < 4.78 is 5.38. The van der Waals surface area contributed by atoms with Gasteiger partial charge in [0.05, 0.1) is 18.5 Å². The molecule has 1 aromatic carbocycles. The zero-order valence-electron chi connectivity index (χ0n) is 19.0. The van der Waals surface area contributed by atoms with Crippen LogP contribution in [0.3, 0.4) is 0 Å². The summed E-state index contributed by atoms with van der Waals surface area (Å²) in [5.74, 6) is 1.05. The fourth-order valence-corrected chi connectivity index (χ4v) is 5.60. The van der Waals surface area contributed by atoms with Crippen molar-refractivity contribution in [1.29, 1.82) is 0 Å². The highest BCUT2D eigenvalue weighted by atomic mass is 32.2. The number of nitrogens with zero attached hydrogens (tertiary/aromatic N) is 3. The van der Waals surface area contributed by atoms with E-state index in [4.69, 9.17) is 4.74 Å². The number of rotatable bonds is 10. The number of carboxylic acid groups (broad SMARTS) is 1. The molecule has 2 aromatic heterocycles. The van der Waals surface area contributed by atoms with Gasteiger partial charge >= 0.3 is 5.97 Å². The molecule has 7 heteroatoms. The first-order chi connectivity index (χ1) is 16.1. The zero-order chi connectivity index (χ0) is 23.0. The van der Waals surface area contributed by atoms with Gasteiger partial charge in [0, 0.05) is 47.7 Å². The van der Waals surface area contributed by atoms with Crippen molar-refractivity contribution in [2.45, 2.75) is 30.6 Å². The Morgan fingerprint density at radius 1 is 1.27 bits per heavy atom. The van der Waals surface area contributed by atoms with Crippen molar-refractivity contribution >= 4 is 28.6 Å². The Balaban J connectivity index is 1.29. The van der Waals surface area contributed by atoms with Gasteiger partial charge in [-0.05, 0) is 80.1 Å². The van der Waals surface area contributed by atoms with Crippen LogP contribution in [-0.2, 0) is 11.2 Å². The first kappa shape index (κ1) is 23.5. The third kappa shape index (κ3) is 6.24. The summed E-state index contributed by atoms with van der Waals surface area (Å²) in [5.41, 5.74) is 2.21. The molecule has 0 amide bonds. The molecule has 0 saturated carbocycles. The van der Waals surface area contributed by atoms with E-state index in [-0.39, 0.29) is 11.8 Å². The minimum atomic E-state index is -0.663. The van der Waals surface area contributed by atoms with Gasteiger partial charge in [-0.15, -0.1) is 11.8 Å². The smallest absolute Gasteiger partial charge is 0.308 e. The molecule has 0 bridgehead atoms. The van der Waals surface area contributed by atoms with Crippen molar-refractivity contribution in [3.05, 3.63) is 60.6 Å². The van der Waals surface area contributed by atoms with Crippen LogP contribution in [0.5, 0.6) is 5.75 Å². The maximum Gasteiger partial charge on any atom is 0.308 e. The van der Waals surface area contributed by atoms with Gasteiger partial charge in [0.15, 0.2) is 0 Å². The lowest BCUT2D eigenvalue weighted by Gasteiger charge is -2.36. The van der Waals surface area contributed by atoms with E-state index in [1.807, 2.05) is 36.7 Å². The van der Waals surface area contributed by atoms with E-state index < -0.39 is 5.97 Å². The average Bonchev–Trinajstić information content (AvgIpc) is 2.85. The third-order valence-electron chi connectivity index (χ3n) is 6.53. The van der Waals surface area contributed by atoms with Crippen LogP contribution in [-0.4, -0.2) is 58.4 Å². The Hall–Kier alpha value is -2.64. The molecule has 1 aliphatic rings. The zero-order valence-corrected chi connectivity index (χ0v) is 19.8. The first-order valence-corrected chi connectivity index (χ1v) is 12.5. The first-order valence-electron chi connectivity index (χ1n) is 11.5. The van der Waals surface area contributed by atoms with Crippen LogP contribution in [0.2, 0.25) is 0 Å². The minimum absolute atomic E-state index is 0.229. The number of hydrogen-bond donors (Lipinski definition) is 1. The number of carbonyl (C=O) groups is 1. The van der Waals surface area contributed by atoms with Crippen molar-refractivity contribution in [2.24, 2.45) is 11.8 Å². The summed E-state index contributed by atoms with van der Waals surface area (Å²) in [6.45, 7) is 2.52. The maximum absolute atomic E-state index is 12.0. The van der Waals surface area contributed by atoms with Crippen LogP contribution in [0.4, 0.5) is 0 Å². The number of likely N-dealkylation sites (tertiary alicyclic amines) is 1. The number of piperidine rings is 1. The van der Waals surface area contributed by atoms with Crippen molar-refractivity contribution < 1.29 is 14.6 Å². The van der Waals surface area contributed by atoms with Gasteiger partial charge in [-0.25, -0.2) is 0 Å². The Bertz CT molecular complexity index is 1060. The van der Waals surface area contributed by atoms with Crippen LogP contribution in [0.15, 0.2) is 59.9 Å². The summed E-state index contributed by atoms with van der Waals surface area (Å²) in [6.07, 6.45) is 9.27. The van der Waals surface area contributed by atoms with E-state index in [9.17, 15) is 9.90 Å². The van der Waals surface area contributed by atoms with Gasteiger partial charge in [0.25, 0.3) is 0 Å². The summed E-state index contributed by atoms with van der Waals surface area (Å²) >= 11 is 1.77. The molecule has 0 unspecified atom stereocenters. The highest BCUT2D eigenvalue weighted by Crippen LogP contribution is 2.30. The van der Waals surface area contributed by atoms with Gasteiger partial charge < -0.3 is 14.7 Å². The molecule has 0 radical (unpaired) electrons. The van der Waals surface area contributed by atoms with E-state index in [0.29, 0.717) is 6.54 Å². The number of aromatic nitrogens is 2. The van der Waals surface area contributed by atoms with Crippen molar-refractivity contribution in [1.82, 2.24) is 14.9 Å². The molecule has 0 spiro atoms. The van der Waals surface area contributed by atoms with E-state index in [0.717, 1.165) is 66.1 Å². The number of thioether (sulfide) groups is 1. The number of fused-ring (bicyclic) bond motifs is 1. The SMILES string of the molecule is COc1ccc2nccc(CCC[C@@H]3CCN(CCSc4cccnc4)C[C@@H]3C(=O)O)c2c1. The molecule has 0 aliphatic carbocycles. The van der Waals surface area contributed by atoms with Crippen molar-refractivity contribution in [3.8, 4) is 5.75 Å². The fraction of sp³-hybridized carbons (Fsp3) is 0.423. The molecule has 6 nitrogen and oxygen atoms in total. The molecule has 1 N–H and O–H groups in total. The van der Waals surface area contributed by atoms with Gasteiger partial charge in [-0.2, -0.15) is 0 Å². The fourth-order valence-electron chi connectivity index (χ4n) is 4.70. The number of benzene rings is 1. The average molecular weight is 466 g/mol. The predicted molar refractivity (Wildman–Crippen MR) is 132 cm³/mol. The number of ether oxygens (including phenoxy) is 1. The Kier molecular flexibility index (Phi) is 8.18. The lowest BCUT2D eigenvalue weighted by Crippen LogP contribution is -2.44. The molecular formula is C26H31N3O3S. The number of aliphatic carboxylic acids is 1. The number of pyridine rings is 2. The van der Waals surface area contributed by atoms with Crippen LogP contribution in [0.1, 0.15) is 24.8 Å². The van der Waals surface area contributed by atoms with Gasteiger partial charge in [0.2, 0.25) is 0 Å². The highest BCUT2D eigenvalue weighted by molar-refractivity contribution is 7.99. The number of methoxy groups -OCH3 is 1. The molecule has 1 fully saturated rings. The maximum atomic E-state index is 12.0.